The van der Waals surface area contributed by atoms with Gasteiger partial charge in [-0.2, -0.15) is 0 Å². The van der Waals surface area contributed by atoms with E-state index in [0.717, 1.165) is 16.5 Å². The molecule has 0 bridgehead atoms. The Labute approximate surface area is 152 Å². The highest BCUT2D eigenvalue weighted by atomic mass is 32.2. The summed E-state index contributed by atoms with van der Waals surface area (Å²) in [6, 6.07) is 19.1. The standard InChI is InChI=1S/C20H21NO4S/c22-20(21-14-18-13-17-10-4-5-11-19(17)25-18)15-26(23,24)12-6-9-16-7-2-1-3-8-16/h1-5,7-8,10-11,13H,6,9,12,14-15H2,(H,21,22). The molecule has 26 heavy (non-hydrogen) atoms. The van der Waals surface area contributed by atoms with Crippen molar-refractivity contribution >= 4 is 26.7 Å². The Morgan fingerprint density at radius 1 is 1.00 bits per heavy atom. The average Bonchev–Trinajstić information content (AvgIpc) is 3.03. The van der Waals surface area contributed by atoms with Gasteiger partial charge in [-0.25, -0.2) is 8.42 Å². The molecule has 2 aromatic carbocycles. The van der Waals surface area contributed by atoms with Crippen LogP contribution in [0.15, 0.2) is 65.1 Å². The minimum absolute atomic E-state index is 0.0000476. The number of carbonyl (C=O) groups is 1. The molecule has 3 aromatic rings. The first-order valence-electron chi connectivity index (χ1n) is 8.50. The molecule has 5 nitrogen and oxygen atoms in total. The summed E-state index contributed by atoms with van der Waals surface area (Å²) in [5.41, 5.74) is 1.84. The van der Waals surface area contributed by atoms with Crippen LogP contribution in [0.5, 0.6) is 0 Å². The van der Waals surface area contributed by atoms with E-state index >= 15 is 0 Å². The van der Waals surface area contributed by atoms with Gasteiger partial charge in [0.1, 0.15) is 17.1 Å². The van der Waals surface area contributed by atoms with Crippen LogP contribution in [-0.2, 0) is 27.6 Å². The number of amides is 1. The Morgan fingerprint density at radius 2 is 1.73 bits per heavy atom. The molecule has 0 saturated carbocycles. The van der Waals surface area contributed by atoms with Crippen molar-refractivity contribution in [2.24, 2.45) is 0 Å². The third kappa shape index (κ3) is 5.20. The van der Waals surface area contributed by atoms with Gasteiger partial charge in [0.25, 0.3) is 0 Å². The number of aryl methyl sites for hydroxylation is 1. The topological polar surface area (TPSA) is 76.4 Å². The lowest BCUT2D eigenvalue weighted by atomic mass is 10.1. The fourth-order valence-corrected chi connectivity index (χ4v) is 4.00. The van der Waals surface area contributed by atoms with E-state index in [1.807, 2.05) is 60.7 Å². The molecule has 0 atom stereocenters. The molecule has 136 valence electrons. The molecule has 0 spiro atoms. The number of nitrogens with one attached hydrogen (secondary N) is 1. The molecule has 0 saturated heterocycles. The highest BCUT2D eigenvalue weighted by Crippen LogP contribution is 2.18. The number of fused-ring (bicyclic) bond motifs is 1. The number of para-hydroxylation sites is 1. The maximum Gasteiger partial charge on any atom is 0.235 e. The maximum atomic E-state index is 12.1. The number of furan rings is 1. The molecule has 0 aliphatic rings. The second kappa shape index (κ2) is 8.19. The zero-order chi connectivity index (χ0) is 18.4. The molecule has 0 fully saturated rings. The van der Waals surface area contributed by atoms with E-state index in [2.05, 4.69) is 5.32 Å². The molecule has 0 aliphatic carbocycles. The second-order valence-electron chi connectivity index (χ2n) is 6.21. The van der Waals surface area contributed by atoms with Crippen molar-refractivity contribution in [3.05, 3.63) is 72.0 Å². The Kier molecular flexibility index (Phi) is 5.73. The van der Waals surface area contributed by atoms with Crippen molar-refractivity contribution < 1.29 is 17.6 Å². The summed E-state index contributed by atoms with van der Waals surface area (Å²) in [6.07, 6.45) is 1.18. The van der Waals surface area contributed by atoms with Gasteiger partial charge in [-0.1, -0.05) is 48.5 Å². The molecule has 3 rings (SSSR count). The van der Waals surface area contributed by atoms with Gasteiger partial charge in [-0.15, -0.1) is 0 Å². The van der Waals surface area contributed by atoms with Gasteiger partial charge in [0.2, 0.25) is 5.91 Å². The monoisotopic (exact) mass is 371 g/mol. The van der Waals surface area contributed by atoms with Crippen LogP contribution >= 0.6 is 0 Å². The SMILES string of the molecule is O=C(CS(=O)(=O)CCCc1ccccc1)NCc1cc2ccccc2o1. The van der Waals surface area contributed by atoms with Crippen LogP contribution in [0.4, 0.5) is 0 Å². The smallest absolute Gasteiger partial charge is 0.235 e. The molecular weight excluding hydrogens is 350 g/mol. The van der Waals surface area contributed by atoms with E-state index in [4.69, 9.17) is 4.42 Å². The Balaban J connectivity index is 1.45. The molecule has 1 heterocycles. The summed E-state index contributed by atoms with van der Waals surface area (Å²) in [5, 5.41) is 3.56. The molecule has 0 aliphatic heterocycles. The third-order valence-corrected chi connectivity index (χ3v) is 5.66. The van der Waals surface area contributed by atoms with E-state index in [-0.39, 0.29) is 12.3 Å². The normalized spacial score (nSPS) is 11.5. The number of rotatable bonds is 8. The Hall–Kier alpha value is -2.60. The fourth-order valence-electron chi connectivity index (χ4n) is 2.77. The second-order valence-corrected chi connectivity index (χ2v) is 8.39. The molecular formula is C20H21NO4S. The van der Waals surface area contributed by atoms with Crippen LogP contribution in [0.2, 0.25) is 0 Å². The molecule has 0 unspecified atom stereocenters. The Morgan fingerprint density at radius 3 is 2.50 bits per heavy atom. The minimum Gasteiger partial charge on any atom is -0.459 e. The fraction of sp³-hybridized carbons (Fsp3) is 0.250. The highest BCUT2D eigenvalue weighted by molar-refractivity contribution is 7.92. The summed E-state index contributed by atoms with van der Waals surface area (Å²) in [5.74, 6) is -0.409. The van der Waals surface area contributed by atoms with Gasteiger partial charge in [0, 0.05) is 5.39 Å². The largest absolute Gasteiger partial charge is 0.459 e. The predicted octanol–water partition coefficient (Wildman–Crippen LogP) is 3.10. The summed E-state index contributed by atoms with van der Waals surface area (Å²) in [7, 11) is -3.42. The zero-order valence-electron chi connectivity index (χ0n) is 14.4. The van der Waals surface area contributed by atoms with Crippen LogP contribution < -0.4 is 5.32 Å². The van der Waals surface area contributed by atoms with E-state index in [1.54, 1.807) is 0 Å². The summed E-state index contributed by atoms with van der Waals surface area (Å²) in [6.45, 7) is 0.174. The first kappa shape index (κ1) is 18.2. The van der Waals surface area contributed by atoms with Gasteiger partial charge < -0.3 is 9.73 Å². The van der Waals surface area contributed by atoms with Crippen molar-refractivity contribution in [1.82, 2.24) is 5.32 Å². The van der Waals surface area contributed by atoms with Crippen LogP contribution in [0.1, 0.15) is 17.7 Å². The van der Waals surface area contributed by atoms with Crippen molar-refractivity contribution in [3.63, 3.8) is 0 Å². The first-order valence-corrected chi connectivity index (χ1v) is 10.3. The van der Waals surface area contributed by atoms with Gasteiger partial charge in [0.05, 0.1) is 12.3 Å². The average molecular weight is 371 g/mol. The van der Waals surface area contributed by atoms with Gasteiger partial charge in [-0.3, -0.25) is 4.79 Å². The lowest BCUT2D eigenvalue weighted by molar-refractivity contribution is -0.118. The quantitative estimate of drug-likeness (QED) is 0.660. The van der Waals surface area contributed by atoms with Gasteiger partial charge >= 0.3 is 0 Å². The lowest BCUT2D eigenvalue weighted by Crippen LogP contribution is -2.30. The van der Waals surface area contributed by atoms with E-state index in [9.17, 15) is 13.2 Å². The minimum atomic E-state index is -3.42. The molecule has 0 radical (unpaired) electrons. The molecule has 1 aromatic heterocycles. The number of benzene rings is 2. The van der Waals surface area contributed by atoms with Gasteiger partial charge in [-0.05, 0) is 30.5 Å². The third-order valence-electron chi connectivity index (χ3n) is 4.05. The van der Waals surface area contributed by atoms with Crippen LogP contribution in [0.3, 0.4) is 0 Å². The highest BCUT2D eigenvalue weighted by Gasteiger charge is 2.16. The van der Waals surface area contributed by atoms with Crippen molar-refractivity contribution in [2.45, 2.75) is 19.4 Å². The predicted molar refractivity (Wildman–Crippen MR) is 101 cm³/mol. The maximum absolute atomic E-state index is 12.1. The summed E-state index contributed by atoms with van der Waals surface area (Å²) < 4.78 is 29.8. The van der Waals surface area contributed by atoms with Gasteiger partial charge in [0.15, 0.2) is 9.84 Å². The van der Waals surface area contributed by atoms with E-state index in [0.29, 0.717) is 18.6 Å². The van der Waals surface area contributed by atoms with Crippen LogP contribution in [0.25, 0.3) is 11.0 Å². The molecule has 1 amide bonds. The van der Waals surface area contributed by atoms with E-state index in [1.165, 1.54) is 0 Å². The number of hydrogen-bond donors (Lipinski definition) is 1. The van der Waals surface area contributed by atoms with Crippen LogP contribution in [0, 0.1) is 0 Å². The Bertz CT molecular complexity index is 944. The van der Waals surface area contributed by atoms with Crippen molar-refractivity contribution in [3.8, 4) is 0 Å². The molecule has 6 heteroatoms. The van der Waals surface area contributed by atoms with Crippen molar-refractivity contribution in [1.29, 1.82) is 0 Å². The summed E-state index contributed by atoms with van der Waals surface area (Å²) >= 11 is 0. The lowest BCUT2D eigenvalue weighted by Gasteiger charge is -2.05. The van der Waals surface area contributed by atoms with Crippen LogP contribution in [-0.4, -0.2) is 25.8 Å². The summed E-state index contributed by atoms with van der Waals surface area (Å²) in [4.78, 5) is 11.9. The van der Waals surface area contributed by atoms with E-state index < -0.39 is 21.5 Å². The zero-order valence-corrected chi connectivity index (χ0v) is 15.2. The number of sulfone groups is 1. The number of carbonyl (C=O) groups excluding carboxylic acids is 1. The molecule has 1 N–H and O–H groups in total. The van der Waals surface area contributed by atoms with Crippen molar-refractivity contribution in [2.75, 3.05) is 11.5 Å². The number of hydrogen-bond acceptors (Lipinski definition) is 4. The first-order chi connectivity index (χ1) is 12.5.